The summed E-state index contributed by atoms with van der Waals surface area (Å²) in [6.07, 6.45) is 2.76. The average Bonchev–Trinajstić information content (AvgIpc) is 2.39. The molecule has 1 heterocycles. The van der Waals surface area contributed by atoms with E-state index in [0.29, 0.717) is 6.42 Å². The van der Waals surface area contributed by atoms with Crippen molar-refractivity contribution in [2.24, 2.45) is 0 Å². The number of ether oxygens (including phenoxy) is 1. The highest BCUT2D eigenvalue weighted by Crippen LogP contribution is 2.24. The maximum absolute atomic E-state index is 11.5. The number of nitrogens with zero attached hydrogens (tertiary/aromatic N) is 1. The summed E-state index contributed by atoms with van der Waals surface area (Å²) in [6, 6.07) is 7.88. The summed E-state index contributed by atoms with van der Waals surface area (Å²) in [5.41, 5.74) is 1.92. The molecular weight excluding hydrogens is 252 g/mol. The van der Waals surface area contributed by atoms with Gasteiger partial charge in [-0.3, -0.25) is 9.78 Å². The molecule has 1 unspecified atom stereocenters. The molecule has 0 radical (unpaired) electrons. The van der Waals surface area contributed by atoms with Crippen LogP contribution in [0.1, 0.15) is 32.3 Å². The van der Waals surface area contributed by atoms with Crippen LogP contribution in [0.5, 0.6) is 5.75 Å². The van der Waals surface area contributed by atoms with Crippen LogP contribution >= 0.6 is 0 Å². The number of aryl methyl sites for hydroxylation is 1. The molecule has 0 aliphatic rings. The molecule has 1 atom stereocenters. The van der Waals surface area contributed by atoms with Gasteiger partial charge in [0, 0.05) is 24.1 Å². The van der Waals surface area contributed by atoms with Gasteiger partial charge in [-0.25, -0.2) is 0 Å². The van der Waals surface area contributed by atoms with Gasteiger partial charge in [0.05, 0.1) is 5.52 Å². The van der Waals surface area contributed by atoms with Crippen molar-refractivity contribution in [2.75, 3.05) is 0 Å². The molecule has 4 heteroatoms. The molecule has 0 saturated carbocycles. The van der Waals surface area contributed by atoms with Gasteiger partial charge in [-0.15, -0.1) is 0 Å². The molecular formula is C16H20N2O2. The smallest absolute Gasteiger partial charge is 0.222 e. The zero-order valence-electron chi connectivity index (χ0n) is 12.1. The first-order chi connectivity index (χ1) is 9.60. The minimum absolute atomic E-state index is 0.0107. The Bertz CT molecular complexity index is 610. The molecule has 0 fully saturated rings. The van der Waals surface area contributed by atoms with Crippen molar-refractivity contribution in [1.29, 1.82) is 0 Å². The number of carbonyl (C=O) groups excluding carboxylic acids is 1. The van der Waals surface area contributed by atoms with E-state index >= 15 is 0 Å². The average molecular weight is 272 g/mol. The fourth-order valence-corrected chi connectivity index (χ4v) is 2.09. The fourth-order valence-electron chi connectivity index (χ4n) is 2.09. The van der Waals surface area contributed by atoms with E-state index in [2.05, 4.69) is 10.3 Å². The van der Waals surface area contributed by atoms with Crippen molar-refractivity contribution in [1.82, 2.24) is 10.3 Å². The summed E-state index contributed by atoms with van der Waals surface area (Å²) in [4.78, 5) is 15.9. The van der Waals surface area contributed by atoms with Crippen LogP contribution in [0.25, 0.3) is 10.9 Å². The largest absolute Gasteiger partial charge is 0.471 e. The van der Waals surface area contributed by atoms with Crippen LogP contribution in [0.4, 0.5) is 0 Å². The van der Waals surface area contributed by atoms with Gasteiger partial charge in [0.1, 0.15) is 5.75 Å². The lowest BCUT2D eigenvalue weighted by atomic mass is 10.1. The Hall–Kier alpha value is -2.10. The number of hydrogen-bond acceptors (Lipinski definition) is 3. The van der Waals surface area contributed by atoms with Crippen molar-refractivity contribution in [3.05, 3.63) is 36.0 Å². The van der Waals surface area contributed by atoms with Crippen LogP contribution in [0.15, 0.2) is 30.5 Å². The van der Waals surface area contributed by atoms with Gasteiger partial charge in [-0.1, -0.05) is 13.0 Å². The van der Waals surface area contributed by atoms with E-state index in [1.807, 2.05) is 45.0 Å². The van der Waals surface area contributed by atoms with Gasteiger partial charge in [0.2, 0.25) is 5.91 Å². The molecule has 20 heavy (non-hydrogen) atoms. The quantitative estimate of drug-likeness (QED) is 0.850. The number of rotatable bonds is 5. The summed E-state index contributed by atoms with van der Waals surface area (Å²) in [5.74, 6) is 0.761. The van der Waals surface area contributed by atoms with Crippen molar-refractivity contribution in [2.45, 2.75) is 39.8 Å². The monoisotopic (exact) mass is 272 g/mol. The number of hydrogen-bond donors (Lipinski definition) is 1. The predicted molar refractivity (Wildman–Crippen MR) is 79.6 cm³/mol. The summed E-state index contributed by atoms with van der Waals surface area (Å²) in [6.45, 7) is 5.79. The van der Waals surface area contributed by atoms with Gasteiger partial charge in [0.15, 0.2) is 6.23 Å². The number of fused-ring (bicyclic) bond motifs is 1. The molecule has 4 nitrogen and oxygen atoms in total. The lowest BCUT2D eigenvalue weighted by Crippen LogP contribution is -2.36. The van der Waals surface area contributed by atoms with E-state index < -0.39 is 0 Å². The Labute approximate surface area is 119 Å². The summed E-state index contributed by atoms with van der Waals surface area (Å²) in [5, 5.41) is 3.91. The van der Waals surface area contributed by atoms with Crippen LogP contribution < -0.4 is 10.1 Å². The van der Waals surface area contributed by atoms with E-state index in [1.165, 1.54) is 0 Å². The Balaban J connectivity index is 2.12. The van der Waals surface area contributed by atoms with Crippen LogP contribution in [0.2, 0.25) is 0 Å². The molecule has 1 amide bonds. The molecule has 1 aromatic heterocycles. The SMILES string of the molecule is CCCC(=O)NC(C)Oc1cc2ncccc2cc1C. The van der Waals surface area contributed by atoms with Gasteiger partial charge in [-0.2, -0.15) is 0 Å². The molecule has 0 aliphatic heterocycles. The fraction of sp³-hybridized carbons (Fsp3) is 0.375. The third-order valence-corrected chi connectivity index (χ3v) is 3.04. The topological polar surface area (TPSA) is 51.2 Å². The molecule has 1 N–H and O–H groups in total. The van der Waals surface area contributed by atoms with Gasteiger partial charge < -0.3 is 10.1 Å². The normalized spacial score (nSPS) is 12.2. The number of nitrogens with one attached hydrogen (secondary N) is 1. The third-order valence-electron chi connectivity index (χ3n) is 3.04. The number of pyridine rings is 1. The number of aromatic nitrogens is 1. The summed E-state index contributed by atoms with van der Waals surface area (Å²) >= 11 is 0. The van der Waals surface area contributed by atoms with Crippen molar-refractivity contribution in [3.8, 4) is 5.75 Å². The van der Waals surface area contributed by atoms with Crippen molar-refractivity contribution >= 4 is 16.8 Å². The molecule has 0 spiro atoms. The van der Waals surface area contributed by atoms with E-state index in [0.717, 1.165) is 28.6 Å². The molecule has 2 aromatic rings. The first-order valence-corrected chi connectivity index (χ1v) is 6.91. The Morgan fingerprint density at radius 2 is 2.25 bits per heavy atom. The van der Waals surface area contributed by atoms with Crippen LogP contribution in [0, 0.1) is 6.92 Å². The minimum atomic E-state index is -0.353. The van der Waals surface area contributed by atoms with E-state index in [9.17, 15) is 4.79 Å². The Morgan fingerprint density at radius 3 is 3.00 bits per heavy atom. The minimum Gasteiger partial charge on any atom is -0.471 e. The van der Waals surface area contributed by atoms with Crippen molar-refractivity contribution < 1.29 is 9.53 Å². The number of benzene rings is 1. The third kappa shape index (κ3) is 3.47. The number of amides is 1. The molecule has 106 valence electrons. The molecule has 0 saturated heterocycles. The van der Waals surface area contributed by atoms with E-state index in [4.69, 9.17) is 4.74 Å². The molecule has 2 rings (SSSR count). The first kappa shape index (κ1) is 14.3. The molecule has 1 aromatic carbocycles. The highest BCUT2D eigenvalue weighted by atomic mass is 16.5. The van der Waals surface area contributed by atoms with Crippen LogP contribution in [-0.4, -0.2) is 17.1 Å². The Morgan fingerprint density at radius 1 is 1.45 bits per heavy atom. The highest BCUT2D eigenvalue weighted by molar-refractivity contribution is 5.81. The van der Waals surface area contributed by atoms with E-state index in [1.54, 1.807) is 6.20 Å². The maximum Gasteiger partial charge on any atom is 0.222 e. The van der Waals surface area contributed by atoms with Crippen LogP contribution in [0.3, 0.4) is 0 Å². The van der Waals surface area contributed by atoms with Gasteiger partial charge >= 0.3 is 0 Å². The standard InChI is InChI=1S/C16H20N2O2/c1-4-6-16(19)18-12(3)20-15-10-14-13(9-11(15)2)7-5-8-17-14/h5,7-10,12H,4,6H2,1-3H3,(H,18,19). The number of carbonyl (C=O) groups is 1. The highest BCUT2D eigenvalue weighted by Gasteiger charge is 2.10. The second kappa shape index (κ2) is 6.37. The summed E-state index contributed by atoms with van der Waals surface area (Å²) in [7, 11) is 0. The maximum atomic E-state index is 11.5. The van der Waals surface area contributed by atoms with Gasteiger partial charge in [-0.05, 0) is 38.0 Å². The second-order valence-corrected chi connectivity index (χ2v) is 4.89. The zero-order valence-corrected chi connectivity index (χ0v) is 12.1. The van der Waals surface area contributed by atoms with Crippen molar-refractivity contribution in [3.63, 3.8) is 0 Å². The zero-order chi connectivity index (χ0) is 14.5. The van der Waals surface area contributed by atoms with Gasteiger partial charge in [0.25, 0.3) is 0 Å². The lowest BCUT2D eigenvalue weighted by molar-refractivity contribution is -0.123. The first-order valence-electron chi connectivity index (χ1n) is 6.91. The van der Waals surface area contributed by atoms with Crippen LogP contribution in [-0.2, 0) is 4.79 Å². The molecule has 0 aliphatic carbocycles. The Kier molecular flexibility index (Phi) is 4.56. The summed E-state index contributed by atoms with van der Waals surface area (Å²) < 4.78 is 5.80. The molecule has 0 bridgehead atoms. The second-order valence-electron chi connectivity index (χ2n) is 4.89. The van der Waals surface area contributed by atoms with E-state index in [-0.39, 0.29) is 12.1 Å². The predicted octanol–water partition coefficient (Wildman–Crippen LogP) is 3.18. The lowest BCUT2D eigenvalue weighted by Gasteiger charge is -2.18.